The highest BCUT2D eigenvalue weighted by molar-refractivity contribution is 5.23. The van der Waals surface area contributed by atoms with E-state index >= 15 is 0 Å². The van der Waals surface area contributed by atoms with Crippen molar-refractivity contribution in [2.24, 2.45) is 5.92 Å². The fourth-order valence-corrected chi connectivity index (χ4v) is 1.84. The van der Waals surface area contributed by atoms with Gasteiger partial charge in [0.05, 0.1) is 6.61 Å². The van der Waals surface area contributed by atoms with Crippen molar-refractivity contribution in [1.82, 2.24) is 5.32 Å². The molecule has 0 spiro atoms. The summed E-state index contributed by atoms with van der Waals surface area (Å²) in [7, 11) is 0. The molecular weight excluding hydrogens is 241 g/mol. The fraction of sp³-hybridized carbons (Fsp3) is 0.625. The van der Waals surface area contributed by atoms with E-state index in [1.165, 1.54) is 18.9 Å². The van der Waals surface area contributed by atoms with Gasteiger partial charge in [-0.25, -0.2) is 4.39 Å². The normalized spacial score (nSPS) is 10.9. The first-order valence-corrected chi connectivity index (χ1v) is 7.28. The number of hydrogen-bond acceptors (Lipinski definition) is 2. The number of ether oxygens (including phenoxy) is 1. The molecule has 0 saturated heterocycles. The van der Waals surface area contributed by atoms with Crippen molar-refractivity contribution < 1.29 is 9.13 Å². The number of halogens is 1. The molecule has 2 nitrogen and oxygen atoms in total. The van der Waals surface area contributed by atoms with Crippen molar-refractivity contribution in [2.75, 3.05) is 19.7 Å². The number of para-hydroxylation sites is 1. The van der Waals surface area contributed by atoms with Crippen LogP contribution in [-0.2, 0) is 0 Å². The topological polar surface area (TPSA) is 21.3 Å². The Labute approximate surface area is 116 Å². The van der Waals surface area contributed by atoms with Gasteiger partial charge in [-0.05, 0) is 44.0 Å². The van der Waals surface area contributed by atoms with Crippen molar-refractivity contribution in [3.8, 4) is 5.75 Å². The summed E-state index contributed by atoms with van der Waals surface area (Å²) in [5, 5.41) is 3.43. The van der Waals surface area contributed by atoms with Crippen LogP contribution in [0.4, 0.5) is 4.39 Å². The van der Waals surface area contributed by atoms with Gasteiger partial charge in [-0.2, -0.15) is 0 Å². The molecule has 0 fully saturated rings. The smallest absolute Gasteiger partial charge is 0.165 e. The maximum atomic E-state index is 13.2. The van der Waals surface area contributed by atoms with Gasteiger partial charge in [-0.3, -0.25) is 0 Å². The molecule has 1 rings (SSSR count). The monoisotopic (exact) mass is 267 g/mol. The number of nitrogens with one attached hydrogen (secondary N) is 1. The van der Waals surface area contributed by atoms with Crippen LogP contribution < -0.4 is 10.1 Å². The number of hydrogen-bond donors (Lipinski definition) is 1. The second-order valence-electron chi connectivity index (χ2n) is 5.29. The Morgan fingerprint density at radius 1 is 1.11 bits per heavy atom. The maximum absolute atomic E-state index is 13.2. The van der Waals surface area contributed by atoms with Crippen molar-refractivity contribution in [3.05, 3.63) is 30.1 Å². The van der Waals surface area contributed by atoms with Gasteiger partial charge in [-0.15, -0.1) is 0 Å². The Hall–Kier alpha value is -1.09. The van der Waals surface area contributed by atoms with Crippen LogP contribution in [0.15, 0.2) is 24.3 Å². The van der Waals surface area contributed by atoms with E-state index in [4.69, 9.17) is 4.74 Å². The van der Waals surface area contributed by atoms with Crippen molar-refractivity contribution in [3.63, 3.8) is 0 Å². The second-order valence-corrected chi connectivity index (χ2v) is 5.29. The lowest BCUT2D eigenvalue weighted by atomic mass is 10.2. The zero-order valence-electron chi connectivity index (χ0n) is 12.1. The van der Waals surface area contributed by atoms with Crippen LogP contribution in [0.2, 0.25) is 0 Å². The lowest BCUT2D eigenvalue weighted by Gasteiger charge is -2.08. The molecule has 3 heteroatoms. The minimum absolute atomic E-state index is 0.277. The van der Waals surface area contributed by atoms with E-state index < -0.39 is 0 Å². The van der Waals surface area contributed by atoms with Gasteiger partial charge >= 0.3 is 0 Å². The lowest BCUT2D eigenvalue weighted by Crippen LogP contribution is -2.20. The molecule has 0 unspecified atom stereocenters. The summed E-state index contributed by atoms with van der Waals surface area (Å²) in [5.74, 6) is 0.802. The Morgan fingerprint density at radius 2 is 1.84 bits per heavy atom. The molecule has 1 aromatic rings. The second kappa shape index (κ2) is 9.79. The summed E-state index contributed by atoms with van der Waals surface area (Å²) in [5.41, 5.74) is 0. The third-order valence-corrected chi connectivity index (χ3v) is 2.89. The summed E-state index contributed by atoms with van der Waals surface area (Å²) in [6, 6.07) is 6.56. The number of unbranched alkanes of at least 4 members (excludes halogenated alkanes) is 3. The van der Waals surface area contributed by atoms with E-state index in [9.17, 15) is 4.39 Å². The van der Waals surface area contributed by atoms with E-state index in [0.29, 0.717) is 18.3 Å². The summed E-state index contributed by atoms with van der Waals surface area (Å²) in [6.07, 6.45) is 4.52. The number of benzene rings is 1. The Balaban J connectivity index is 1.93. The van der Waals surface area contributed by atoms with Gasteiger partial charge in [-0.1, -0.05) is 38.8 Å². The first kappa shape index (κ1) is 16.0. The highest BCUT2D eigenvalue weighted by atomic mass is 19.1. The van der Waals surface area contributed by atoms with E-state index in [1.807, 2.05) is 0 Å². The average molecular weight is 267 g/mol. The zero-order valence-corrected chi connectivity index (χ0v) is 12.1. The van der Waals surface area contributed by atoms with Crippen molar-refractivity contribution in [1.29, 1.82) is 0 Å². The highest BCUT2D eigenvalue weighted by Gasteiger charge is 2.00. The third-order valence-electron chi connectivity index (χ3n) is 2.89. The van der Waals surface area contributed by atoms with Gasteiger partial charge < -0.3 is 10.1 Å². The van der Waals surface area contributed by atoms with E-state index in [1.54, 1.807) is 18.2 Å². The minimum Gasteiger partial charge on any atom is -0.491 e. The molecule has 1 aromatic carbocycles. The van der Waals surface area contributed by atoms with Gasteiger partial charge in [0, 0.05) is 0 Å². The molecule has 0 saturated carbocycles. The predicted molar refractivity (Wildman–Crippen MR) is 78.1 cm³/mol. The molecule has 0 radical (unpaired) electrons. The van der Waals surface area contributed by atoms with E-state index in [-0.39, 0.29) is 5.82 Å². The summed E-state index contributed by atoms with van der Waals surface area (Å²) >= 11 is 0. The first-order chi connectivity index (χ1) is 9.20. The molecule has 0 heterocycles. The van der Waals surface area contributed by atoms with Gasteiger partial charge in [0.25, 0.3) is 0 Å². The molecular formula is C16H26FNO. The first-order valence-electron chi connectivity index (χ1n) is 7.28. The highest BCUT2D eigenvalue weighted by Crippen LogP contribution is 2.15. The van der Waals surface area contributed by atoms with Crippen LogP contribution >= 0.6 is 0 Å². The SMILES string of the molecule is CC(C)CNCCCCCCOc1ccccc1F. The van der Waals surface area contributed by atoms with Crippen molar-refractivity contribution >= 4 is 0 Å². The molecule has 0 atom stereocenters. The maximum Gasteiger partial charge on any atom is 0.165 e. The molecule has 0 aliphatic rings. The Bertz CT molecular complexity index is 341. The Morgan fingerprint density at radius 3 is 2.58 bits per heavy atom. The average Bonchev–Trinajstić information content (AvgIpc) is 2.38. The van der Waals surface area contributed by atoms with Crippen LogP contribution in [0.1, 0.15) is 39.5 Å². The molecule has 108 valence electrons. The summed E-state index contributed by atoms with van der Waals surface area (Å²) < 4.78 is 18.6. The third kappa shape index (κ3) is 7.83. The minimum atomic E-state index is -0.277. The molecule has 19 heavy (non-hydrogen) atoms. The molecule has 1 N–H and O–H groups in total. The fourth-order valence-electron chi connectivity index (χ4n) is 1.84. The molecule has 0 bridgehead atoms. The molecule has 0 aliphatic heterocycles. The number of rotatable bonds is 10. The Kier molecular flexibility index (Phi) is 8.23. The van der Waals surface area contributed by atoms with Gasteiger partial charge in [0.15, 0.2) is 11.6 Å². The van der Waals surface area contributed by atoms with Crippen LogP contribution in [0.25, 0.3) is 0 Å². The van der Waals surface area contributed by atoms with E-state index in [0.717, 1.165) is 25.9 Å². The van der Waals surface area contributed by atoms with Crippen molar-refractivity contribution in [2.45, 2.75) is 39.5 Å². The van der Waals surface area contributed by atoms with E-state index in [2.05, 4.69) is 19.2 Å². The van der Waals surface area contributed by atoms with Gasteiger partial charge in [0.2, 0.25) is 0 Å². The molecule has 0 amide bonds. The predicted octanol–water partition coefficient (Wildman–Crippen LogP) is 4.01. The van der Waals surface area contributed by atoms with Crippen LogP contribution in [-0.4, -0.2) is 19.7 Å². The lowest BCUT2D eigenvalue weighted by molar-refractivity contribution is 0.290. The quantitative estimate of drug-likeness (QED) is 0.647. The van der Waals surface area contributed by atoms with Crippen LogP contribution in [0.3, 0.4) is 0 Å². The standard InChI is InChI=1S/C16H26FNO/c1-14(2)13-18-11-7-3-4-8-12-19-16-10-6-5-9-15(16)17/h5-6,9-10,14,18H,3-4,7-8,11-13H2,1-2H3. The van der Waals surface area contributed by atoms with Gasteiger partial charge in [0.1, 0.15) is 0 Å². The molecule has 0 aliphatic carbocycles. The summed E-state index contributed by atoms with van der Waals surface area (Å²) in [6.45, 7) is 7.21. The zero-order chi connectivity index (χ0) is 13.9. The molecule has 0 aromatic heterocycles. The summed E-state index contributed by atoms with van der Waals surface area (Å²) in [4.78, 5) is 0. The van der Waals surface area contributed by atoms with Crippen LogP contribution in [0, 0.1) is 11.7 Å². The van der Waals surface area contributed by atoms with Crippen LogP contribution in [0.5, 0.6) is 5.75 Å². The largest absolute Gasteiger partial charge is 0.491 e.